The number of amides is 1. The average molecular weight is 422 g/mol. The lowest BCUT2D eigenvalue weighted by atomic mass is 10.0. The van der Waals surface area contributed by atoms with E-state index in [1.165, 1.54) is 0 Å². The zero-order chi connectivity index (χ0) is 21.0. The summed E-state index contributed by atoms with van der Waals surface area (Å²) in [6, 6.07) is 5.08. The largest absolute Gasteiger partial charge is 0.495 e. The fraction of sp³-hybridized carbons (Fsp3) is 0.571. The van der Waals surface area contributed by atoms with E-state index in [1.54, 1.807) is 46.7 Å². The number of carbonyl (C=O) groups excluding carboxylic acids is 1. The van der Waals surface area contributed by atoms with Gasteiger partial charge < -0.3 is 14.5 Å². The summed E-state index contributed by atoms with van der Waals surface area (Å²) in [6.45, 7) is 7.49. The number of hydrogen-bond acceptors (Lipinski definition) is 5. The van der Waals surface area contributed by atoms with E-state index in [-0.39, 0.29) is 5.91 Å². The summed E-state index contributed by atoms with van der Waals surface area (Å²) in [5.41, 5.74) is 0.761. The first kappa shape index (κ1) is 21.6. The highest BCUT2D eigenvalue weighted by Gasteiger charge is 2.30. The first-order chi connectivity index (χ1) is 13.9. The standard InChI is InChI=1S/C21H31N3O4S/c1-4-6-21(25)23-13-11-22(12-14-23)19-15-18(8-9-20(19)28-3)29(26,27)24-10-5-7-17(2)16-24/h4,6,8-9,15,17H,5,7,10-14,16H2,1-3H3/b6-4+/t17-/m1/s1. The van der Waals surface area contributed by atoms with Gasteiger partial charge in [-0.05, 0) is 50.0 Å². The molecule has 0 saturated carbocycles. The molecule has 2 aliphatic heterocycles. The maximum atomic E-state index is 13.2. The van der Waals surface area contributed by atoms with Crippen LogP contribution >= 0.6 is 0 Å². The molecule has 3 rings (SSSR count). The molecule has 0 spiro atoms. The summed E-state index contributed by atoms with van der Waals surface area (Å²) < 4.78 is 33.5. The van der Waals surface area contributed by atoms with Crippen LogP contribution in [-0.2, 0) is 14.8 Å². The van der Waals surface area contributed by atoms with Gasteiger partial charge in [-0.15, -0.1) is 0 Å². The summed E-state index contributed by atoms with van der Waals surface area (Å²) in [5, 5.41) is 0. The number of nitrogens with zero attached hydrogens (tertiary/aromatic N) is 3. The molecule has 29 heavy (non-hydrogen) atoms. The van der Waals surface area contributed by atoms with Crippen molar-refractivity contribution >= 4 is 21.6 Å². The molecule has 0 unspecified atom stereocenters. The van der Waals surface area contributed by atoms with Crippen molar-refractivity contribution in [1.82, 2.24) is 9.21 Å². The second-order valence-electron chi connectivity index (χ2n) is 7.76. The Morgan fingerprint density at radius 3 is 2.52 bits per heavy atom. The number of benzene rings is 1. The van der Waals surface area contributed by atoms with Crippen LogP contribution in [0.25, 0.3) is 0 Å². The van der Waals surface area contributed by atoms with Crippen LogP contribution < -0.4 is 9.64 Å². The van der Waals surface area contributed by atoms with Crippen LogP contribution in [0.15, 0.2) is 35.2 Å². The molecule has 0 aliphatic carbocycles. The molecule has 0 radical (unpaired) electrons. The minimum Gasteiger partial charge on any atom is -0.495 e. The highest BCUT2D eigenvalue weighted by atomic mass is 32.2. The Labute approximate surface area is 174 Å². The van der Waals surface area contributed by atoms with Gasteiger partial charge in [-0.2, -0.15) is 4.31 Å². The zero-order valence-electron chi connectivity index (χ0n) is 17.5. The van der Waals surface area contributed by atoms with Crippen LogP contribution in [0.2, 0.25) is 0 Å². The average Bonchev–Trinajstić information content (AvgIpc) is 2.73. The summed E-state index contributed by atoms with van der Waals surface area (Å²) >= 11 is 0. The molecule has 8 heteroatoms. The van der Waals surface area contributed by atoms with Gasteiger partial charge in [-0.3, -0.25) is 4.79 Å². The molecule has 0 bridgehead atoms. The molecule has 2 fully saturated rings. The Morgan fingerprint density at radius 2 is 1.90 bits per heavy atom. The van der Waals surface area contributed by atoms with Gasteiger partial charge >= 0.3 is 0 Å². The molecular formula is C21H31N3O4S. The van der Waals surface area contributed by atoms with E-state index in [0.29, 0.717) is 55.8 Å². The van der Waals surface area contributed by atoms with E-state index in [2.05, 4.69) is 11.8 Å². The number of piperazine rings is 1. The van der Waals surface area contributed by atoms with E-state index in [1.807, 2.05) is 6.92 Å². The Balaban J connectivity index is 1.82. The van der Waals surface area contributed by atoms with Gasteiger partial charge in [-0.1, -0.05) is 13.0 Å². The van der Waals surface area contributed by atoms with Crippen LogP contribution in [0.3, 0.4) is 0 Å². The molecule has 1 amide bonds. The highest BCUT2D eigenvalue weighted by molar-refractivity contribution is 7.89. The predicted octanol–water partition coefficient (Wildman–Crippen LogP) is 2.34. The van der Waals surface area contributed by atoms with Crippen LogP contribution in [0.4, 0.5) is 5.69 Å². The van der Waals surface area contributed by atoms with Crippen molar-refractivity contribution in [3.05, 3.63) is 30.4 Å². The molecule has 0 N–H and O–H groups in total. The third-order valence-corrected chi connectivity index (χ3v) is 7.51. The van der Waals surface area contributed by atoms with E-state index in [4.69, 9.17) is 4.74 Å². The van der Waals surface area contributed by atoms with Crippen molar-refractivity contribution < 1.29 is 17.9 Å². The number of rotatable bonds is 5. The van der Waals surface area contributed by atoms with Crippen molar-refractivity contribution in [1.29, 1.82) is 0 Å². The number of sulfonamides is 1. The van der Waals surface area contributed by atoms with Crippen molar-refractivity contribution in [2.75, 3.05) is 51.3 Å². The molecule has 160 valence electrons. The predicted molar refractivity (Wildman–Crippen MR) is 114 cm³/mol. The highest BCUT2D eigenvalue weighted by Crippen LogP contribution is 2.33. The lowest BCUT2D eigenvalue weighted by Gasteiger charge is -2.36. The lowest BCUT2D eigenvalue weighted by Crippen LogP contribution is -2.48. The third-order valence-electron chi connectivity index (χ3n) is 5.65. The maximum Gasteiger partial charge on any atom is 0.246 e. The molecule has 2 saturated heterocycles. The fourth-order valence-corrected chi connectivity index (χ4v) is 5.63. The van der Waals surface area contributed by atoms with Gasteiger partial charge in [-0.25, -0.2) is 8.42 Å². The Morgan fingerprint density at radius 1 is 1.17 bits per heavy atom. The number of methoxy groups -OCH3 is 1. The molecule has 2 aliphatic rings. The van der Waals surface area contributed by atoms with Gasteiger partial charge in [0.15, 0.2) is 0 Å². The van der Waals surface area contributed by atoms with Gasteiger partial charge in [0.05, 0.1) is 17.7 Å². The first-order valence-electron chi connectivity index (χ1n) is 10.2. The zero-order valence-corrected chi connectivity index (χ0v) is 18.3. The molecule has 2 heterocycles. The number of hydrogen-bond donors (Lipinski definition) is 0. The topological polar surface area (TPSA) is 70.2 Å². The smallest absolute Gasteiger partial charge is 0.246 e. The number of piperidine rings is 1. The molecule has 1 aromatic carbocycles. The second-order valence-corrected chi connectivity index (χ2v) is 9.69. The molecule has 0 aromatic heterocycles. The monoisotopic (exact) mass is 421 g/mol. The van der Waals surface area contributed by atoms with Crippen LogP contribution in [-0.4, -0.2) is 69.9 Å². The maximum absolute atomic E-state index is 13.2. The van der Waals surface area contributed by atoms with Gasteiger partial charge in [0, 0.05) is 39.3 Å². The van der Waals surface area contributed by atoms with Gasteiger partial charge in [0.25, 0.3) is 0 Å². The van der Waals surface area contributed by atoms with Crippen molar-refractivity contribution in [2.45, 2.75) is 31.6 Å². The number of anilines is 1. The summed E-state index contributed by atoms with van der Waals surface area (Å²) in [6.07, 6.45) is 5.28. The normalized spacial score (nSPS) is 21.6. The van der Waals surface area contributed by atoms with Crippen LogP contribution in [0, 0.1) is 5.92 Å². The van der Waals surface area contributed by atoms with Crippen molar-refractivity contribution in [3.8, 4) is 5.75 Å². The fourth-order valence-electron chi connectivity index (χ4n) is 4.01. The Bertz CT molecular complexity index is 861. The molecule has 1 atom stereocenters. The summed E-state index contributed by atoms with van der Waals surface area (Å²) in [4.78, 5) is 16.3. The van der Waals surface area contributed by atoms with E-state index >= 15 is 0 Å². The summed E-state index contributed by atoms with van der Waals surface area (Å²) in [7, 11) is -1.95. The number of allylic oxidation sites excluding steroid dienone is 1. The first-order valence-corrected chi connectivity index (χ1v) is 11.7. The Hall–Kier alpha value is -2.06. The Kier molecular flexibility index (Phi) is 6.85. The molecule has 7 nitrogen and oxygen atoms in total. The van der Waals surface area contributed by atoms with Crippen LogP contribution in [0.5, 0.6) is 5.75 Å². The van der Waals surface area contributed by atoms with E-state index in [9.17, 15) is 13.2 Å². The second kappa shape index (κ2) is 9.17. The third kappa shape index (κ3) is 4.75. The molecular weight excluding hydrogens is 390 g/mol. The number of ether oxygens (including phenoxy) is 1. The SMILES string of the molecule is C/C=C/C(=O)N1CCN(c2cc(S(=O)(=O)N3CCC[C@@H](C)C3)ccc2OC)CC1. The van der Waals surface area contributed by atoms with Crippen molar-refractivity contribution in [3.63, 3.8) is 0 Å². The minimum atomic E-state index is -3.54. The number of carbonyl (C=O) groups is 1. The summed E-state index contributed by atoms with van der Waals surface area (Å²) in [5.74, 6) is 1.03. The van der Waals surface area contributed by atoms with E-state index < -0.39 is 10.0 Å². The molecule has 1 aromatic rings. The minimum absolute atomic E-state index is 0.00895. The van der Waals surface area contributed by atoms with Gasteiger partial charge in [0.1, 0.15) is 5.75 Å². The van der Waals surface area contributed by atoms with E-state index in [0.717, 1.165) is 18.5 Å². The van der Waals surface area contributed by atoms with Crippen LogP contribution in [0.1, 0.15) is 26.7 Å². The lowest BCUT2D eigenvalue weighted by molar-refractivity contribution is -0.126. The van der Waals surface area contributed by atoms with Gasteiger partial charge in [0.2, 0.25) is 15.9 Å². The quantitative estimate of drug-likeness (QED) is 0.683. The van der Waals surface area contributed by atoms with Crippen molar-refractivity contribution in [2.24, 2.45) is 5.92 Å².